The molecule has 150 valence electrons. The van der Waals surface area contributed by atoms with E-state index in [-0.39, 0.29) is 10.8 Å². The lowest BCUT2D eigenvalue weighted by Crippen LogP contribution is -2.28. The highest BCUT2D eigenvalue weighted by Gasteiger charge is 2.32. The van der Waals surface area contributed by atoms with Gasteiger partial charge in [0.1, 0.15) is 13.2 Å². The van der Waals surface area contributed by atoms with E-state index in [1.807, 2.05) is 12.3 Å². The number of rotatable bonds is 5. The standard InChI is InChI=1S/C22H30N4O2/c1-21(2,15-7-10-23-20-18(15)28-14-12-25-20)8-9-22(3,4)17-6-5-16-19(26-17)24-11-13-27-16/h5-7,10H,8-9,11-14H2,1-4H3,(H,23,25)(H,24,26). The van der Waals surface area contributed by atoms with Crippen LogP contribution in [0.4, 0.5) is 11.6 Å². The fourth-order valence-corrected chi connectivity index (χ4v) is 3.86. The summed E-state index contributed by atoms with van der Waals surface area (Å²) in [7, 11) is 0. The minimum absolute atomic E-state index is 0.0289. The van der Waals surface area contributed by atoms with Gasteiger partial charge in [-0.15, -0.1) is 0 Å². The van der Waals surface area contributed by atoms with Crippen LogP contribution in [0.2, 0.25) is 0 Å². The first-order valence-electron chi connectivity index (χ1n) is 10.1. The van der Waals surface area contributed by atoms with Crippen molar-refractivity contribution in [2.45, 2.75) is 51.4 Å². The topological polar surface area (TPSA) is 68.3 Å². The van der Waals surface area contributed by atoms with E-state index in [2.05, 4.69) is 55.4 Å². The normalized spacial score (nSPS) is 16.0. The predicted octanol–water partition coefficient (Wildman–Crippen LogP) is 4.12. The van der Waals surface area contributed by atoms with Gasteiger partial charge in [-0.2, -0.15) is 0 Å². The van der Waals surface area contributed by atoms with Crippen LogP contribution in [-0.4, -0.2) is 36.3 Å². The largest absolute Gasteiger partial charge is 0.488 e. The van der Waals surface area contributed by atoms with E-state index in [9.17, 15) is 0 Å². The number of nitrogens with zero attached hydrogens (tertiary/aromatic N) is 2. The predicted molar refractivity (Wildman–Crippen MR) is 112 cm³/mol. The van der Waals surface area contributed by atoms with Crippen molar-refractivity contribution >= 4 is 11.6 Å². The molecule has 0 fully saturated rings. The molecule has 2 aliphatic rings. The van der Waals surface area contributed by atoms with Gasteiger partial charge in [0.2, 0.25) is 0 Å². The summed E-state index contributed by atoms with van der Waals surface area (Å²) >= 11 is 0. The van der Waals surface area contributed by atoms with E-state index in [1.54, 1.807) is 0 Å². The second-order valence-corrected chi connectivity index (χ2v) is 8.90. The highest BCUT2D eigenvalue weighted by Crippen LogP contribution is 2.42. The van der Waals surface area contributed by atoms with Crippen LogP contribution in [0.25, 0.3) is 0 Å². The van der Waals surface area contributed by atoms with E-state index in [0.717, 1.165) is 54.8 Å². The lowest BCUT2D eigenvalue weighted by molar-refractivity contribution is 0.301. The third kappa shape index (κ3) is 3.60. The molecule has 0 amide bonds. The molecule has 2 aliphatic heterocycles. The summed E-state index contributed by atoms with van der Waals surface area (Å²) in [5.41, 5.74) is 2.24. The van der Waals surface area contributed by atoms with Gasteiger partial charge in [0, 0.05) is 22.9 Å². The summed E-state index contributed by atoms with van der Waals surface area (Å²) in [5, 5.41) is 6.68. The maximum Gasteiger partial charge on any atom is 0.169 e. The summed E-state index contributed by atoms with van der Waals surface area (Å²) < 4.78 is 11.6. The Morgan fingerprint density at radius 2 is 1.61 bits per heavy atom. The monoisotopic (exact) mass is 382 g/mol. The first-order valence-corrected chi connectivity index (χ1v) is 10.1. The van der Waals surface area contributed by atoms with Crippen molar-refractivity contribution in [3.05, 3.63) is 35.7 Å². The van der Waals surface area contributed by atoms with Crippen molar-refractivity contribution < 1.29 is 9.47 Å². The Balaban J connectivity index is 1.53. The molecule has 6 nitrogen and oxygen atoms in total. The highest BCUT2D eigenvalue weighted by molar-refractivity contribution is 5.58. The molecular weight excluding hydrogens is 352 g/mol. The minimum atomic E-state index is -0.0440. The fourth-order valence-electron chi connectivity index (χ4n) is 3.86. The third-order valence-electron chi connectivity index (χ3n) is 5.85. The van der Waals surface area contributed by atoms with Crippen molar-refractivity contribution in [3.63, 3.8) is 0 Å². The SMILES string of the molecule is CC(C)(CCC(C)(C)c1ccnc2c1OCCN2)c1ccc2c(n1)NCCO2. The Morgan fingerprint density at radius 1 is 0.893 bits per heavy atom. The molecule has 0 atom stereocenters. The van der Waals surface area contributed by atoms with Crippen molar-refractivity contribution in [3.8, 4) is 11.5 Å². The third-order valence-corrected chi connectivity index (χ3v) is 5.85. The van der Waals surface area contributed by atoms with Crippen LogP contribution in [0.15, 0.2) is 24.4 Å². The van der Waals surface area contributed by atoms with E-state index < -0.39 is 0 Å². The van der Waals surface area contributed by atoms with Crippen LogP contribution in [-0.2, 0) is 10.8 Å². The van der Waals surface area contributed by atoms with Gasteiger partial charge in [-0.25, -0.2) is 9.97 Å². The Labute approximate surface area is 167 Å². The van der Waals surface area contributed by atoms with Gasteiger partial charge < -0.3 is 20.1 Å². The van der Waals surface area contributed by atoms with Crippen molar-refractivity contribution in [1.29, 1.82) is 0 Å². The zero-order chi connectivity index (χ0) is 19.8. The number of nitrogens with one attached hydrogen (secondary N) is 2. The average molecular weight is 383 g/mol. The summed E-state index contributed by atoms with van der Waals surface area (Å²) in [6.45, 7) is 12.1. The van der Waals surface area contributed by atoms with Gasteiger partial charge in [-0.05, 0) is 36.5 Å². The number of ether oxygens (including phenoxy) is 2. The number of aromatic nitrogens is 2. The maximum atomic E-state index is 5.96. The first-order chi connectivity index (χ1) is 13.4. The van der Waals surface area contributed by atoms with E-state index in [1.165, 1.54) is 5.56 Å². The molecule has 2 aromatic heterocycles. The second-order valence-electron chi connectivity index (χ2n) is 8.90. The molecule has 0 aromatic carbocycles. The maximum absolute atomic E-state index is 5.96. The van der Waals surface area contributed by atoms with Gasteiger partial charge in [0.15, 0.2) is 23.1 Å². The number of fused-ring (bicyclic) bond motifs is 2. The van der Waals surface area contributed by atoms with Gasteiger partial charge in [0.05, 0.1) is 13.1 Å². The van der Waals surface area contributed by atoms with Gasteiger partial charge in [0.25, 0.3) is 0 Å². The van der Waals surface area contributed by atoms with Gasteiger partial charge in [-0.3, -0.25) is 0 Å². The lowest BCUT2D eigenvalue weighted by atomic mass is 9.74. The average Bonchev–Trinajstić information content (AvgIpc) is 2.71. The van der Waals surface area contributed by atoms with Crippen LogP contribution in [0, 0.1) is 0 Å². The Kier molecular flexibility index (Phi) is 4.81. The molecule has 0 unspecified atom stereocenters. The molecule has 0 saturated carbocycles. The van der Waals surface area contributed by atoms with Crippen LogP contribution >= 0.6 is 0 Å². The van der Waals surface area contributed by atoms with Crippen molar-refractivity contribution in [2.75, 3.05) is 36.9 Å². The summed E-state index contributed by atoms with van der Waals surface area (Å²) in [6, 6.07) is 6.23. The molecule has 0 radical (unpaired) electrons. The molecule has 6 heteroatoms. The first kappa shape index (κ1) is 18.8. The highest BCUT2D eigenvalue weighted by atomic mass is 16.5. The molecule has 0 bridgehead atoms. The van der Waals surface area contributed by atoms with Crippen molar-refractivity contribution in [2.24, 2.45) is 0 Å². The molecule has 4 rings (SSSR count). The summed E-state index contributed by atoms with van der Waals surface area (Å²) in [6.07, 6.45) is 3.90. The smallest absolute Gasteiger partial charge is 0.169 e. The number of pyridine rings is 2. The molecule has 0 saturated heterocycles. The van der Waals surface area contributed by atoms with Gasteiger partial charge in [-0.1, -0.05) is 27.7 Å². The summed E-state index contributed by atoms with van der Waals surface area (Å²) in [4.78, 5) is 9.27. The van der Waals surface area contributed by atoms with Crippen LogP contribution in [0.5, 0.6) is 11.5 Å². The van der Waals surface area contributed by atoms with Crippen molar-refractivity contribution in [1.82, 2.24) is 9.97 Å². The quantitative estimate of drug-likeness (QED) is 0.811. The molecule has 2 N–H and O–H groups in total. The second kappa shape index (κ2) is 7.15. The van der Waals surface area contributed by atoms with Crippen LogP contribution in [0.3, 0.4) is 0 Å². The number of hydrogen-bond acceptors (Lipinski definition) is 6. The summed E-state index contributed by atoms with van der Waals surface area (Å²) in [5.74, 6) is 3.47. The molecule has 0 spiro atoms. The Hall–Kier alpha value is -2.50. The van der Waals surface area contributed by atoms with E-state index >= 15 is 0 Å². The Bertz CT molecular complexity index is 864. The molecule has 28 heavy (non-hydrogen) atoms. The molecule has 0 aliphatic carbocycles. The Morgan fingerprint density at radius 3 is 2.43 bits per heavy atom. The van der Waals surface area contributed by atoms with Crippen LogP contribution < -0.4 is 20.1 Å². The number of anilines is 2. The number of hydrogen-bond donors (Lipinski definition) is 2. The molecule has 2 aromatic rings. The zero-order valence-electron chi connectivity index (χ0n) is 17.3. The minimum Gasteiger partial charge on any atom is -0.488 e. The fraction of sp³-hybridized carbons (Fsp3) is 0.545. The van der Waals surface area contributed by atoms with E-state index in [4.69, 9.17) is 14.5 Å². The lowest BCUT2D eigenvalue weighted by Gasteiger charge is -2.34. The van der Waals surface area contributed by atoms with Crippen LogP contribution in [0.1, 0.15) is 51.8 Å². The van der Waals surface area contributed by atoms with Gasteiger partial charge >= 0.3 is 0 Å². The molecule has 4 heterocycles. The van der Waals surface area contributed by atoms with E-state index in [0.29, 0.717) is 13.2 Å². The zero-order valence-corrected chi connectivity index (χ0v) is 17.3. The molecular formula is C22H30N4O2.